The number of aliphatic carboxylic acids is 1. The van der Waals surface area contributed by atoms with Gasteiger partial charge in [-0.15, -0.1) is 12.4 Å². The molecule has 1 aliphatic heterocycles. The van der Waals surface area contributed by atoms with Crippen LogP contribution in [-0.4, -0.2) is 85.3 Å². The van der Waals surface area contributed by atoms with Gasteiger partial charge < -0.3 is 15.2 Å². The Balaban J connectivity index is 0.00000364. The fourth-order valence-electron chi connectivity index (χ4n) is 4.05. The first-order valence-corrected chi connectivity index (χ1v) is 9.98. The number of ether oxygens (including phenoxy) is 1. The molecule has 27 heavy (non-hydrogen) atoms. The monoisotopic (exact) mass is 405 g/mol. The maximum atomic E-state index is 12.1. The quantitative estimate of drug-likeness (QED) is 0.567. The first-order valence-electron chi connectivity index (χ1n) is 9.98. The van der Waals surface area contributed by atoms with Gasteiger partial charge in [0, 0.05) is 25.7 Å². The van der Waals surface area contributed by atoms with E-state index in [9.17, 15) is 9.59 Å². The molecule has 158 valence electrons. The lowest BCUT2D eigenvalue weighted by Gasteiger charge is -2.35. The van der Waals surface area contributed by atoms with Crippen molar-refractivity contribution in [2.45, 2.75) is 57.6 Å². The second kappa shape index (κ2) is 12.5. The standard InChI is InChI=1S/C19H35N3O4.ClH/c1-15-5-3-4-6-17(15)26-12-9-20-18(23)13-22-10-7-16(8-11-22)21(2)14-19(24)25;/h15-17H,3-14H2,1-2H3,(H,20,23)(H,24,25);1H. The third-order valence-electron chi connectivity index (χ3n) is 5.72. The van der Waals surface area contributed by atoms with Gasteiger partial charge in [0.1, 0.15) is 0 Å². The van der Waals surface area contributed by atoms with E-state index in [2.05, 4.69) is 17.1 Å². The highest BCUT2D eigenvalue weighted by Gasteiger charge is 2.25. The number of halogens is 1. The molecule has 2 rings (SSSR count). The molecule has 0 bridgehead atoms. The van der Waals surface area contributed by atoms with Crippen molar-refractivity contribution in [2.75, 3.05) is 46.4 Å². The molecular weight excluding hydrogens is 370 g/mol. The average Bonchev–Trinajstić information content (AvgIpc) is 2.60. The predicted molar refractivity (Wildman–Crippen MR) is 107 cm³/mol. The number of carbonyl (C=O) groups is 2. The molecule has 0 radical (unpaired) electrons. The van der Waals surface area contributed by atoms with Gasteiger partial charge in [-0.25, -0.2) is 0 Å². The number of nitrogens with one attached hydrogen (secondary N) is 1. The van der Waals surface area contributed by atoms with E-state index in [1.54, 1.807) is 0 Å². The number of likely N-dealkylation sites (tertiary alicyclic amines) is 1. The van der Waals surface area contributed by atoms with Crippen molar-refractivity contribution >= 4 is 24.3 Å². The van der Waals surface area contributed by atoms with E-state index in [0.29, 0.717) is 31.7 Å². The number of carboxylic acid groups (broad SMARTS) is 1. The molecule has 1 aliphatic carbocycles. The van der Waals surface area contributed by atoms with Crippen LogP contribution in [-0.2, 0) is 14.3 Å². The highest BCUT2D eigenvalue weighted by Crippen LogP contribution is 2.25. The lowest BCUT2D eigenvalue weighted by Crippen LogP contribution is -2.47. The summed E-state index contributed by atoms with van der Waals surface area (Å²) in [6.07, 6.45) is 7.09. The predicted octanol–water partition coefficient (Wildman–Crippen LogP) is 1.60. The number of hydrogen-bond acceptors (Lipinski definition) is 5. The Hall–Kier alpha value is -0.890. The molecule has 0 spiro atoms. The molecule has 8 heteroatoms. The molecule has 0 aromatic carbocycles. The molecule has 1 saturated heterocycles. The summed E-state index contributed by atoms with van der Waals surface area (Å²) < 4.78 is 5.93. The Morgan fingerprint density at radius 1 is 1.19 bits per heavy atom. The summed E-state index contributed by atoms with van der Waals surface area (Å²) in [6.45, 7) is 5.55. The lowest BCUT2D eigenvalue weighted by molar-refractivity contribution is -0.138. The van der Waals surface area contributed by atoms with E-state index in [1.807, 2.05) is 11.9 Å². The summed E-state index contributed by atoms with van der Waals surface area (Å²) in [6, 6.07) is 0.288. The first kappa shape index (κ1) is 24.1. The van der Waals surface area contributed by atoms with Crippen molar-refractivity contribution in [3.05, 3.63) is 0 Å². The van der Waals surface area contributed by atoms with Gasteiger partial charge in [0.25, 0.3) is 0 Å². The minimum atomic E-state index is -0.792. The van der Waals surface area contributed by atoms with Crippen LogP contribution < -0.4 is 5.32 Å². The van der Waals surface area contributed by atoms with E-state index >= 15 is 0 Å². The second-order valence-electron chi connectivity index (χ2n) is 7.84. The van der Waals surface area contributed by atoms with Crippen LogP contribution in [0, 0.1) is 5.92 Å². The van der Waals surface area contributed by atoms with Crippen molar-refractivity contribution < 1.29 is 19.4 Å². The Morgan fingerprint density at radius 2 is 1.85 bits per heavy atom. The van der Waals surface area contributed by atoms with Gasteiger partial charge in [-0.3, -0.25) is 19.4 Å². The Labute approximate surface area is 169 Å². The molecule has 1 heterocycles. The van der Waals surface area contributed by atoms with Crippen molar-refractivity contribution in [3.8, 4) is 0 Å². The fourth-order valence-corrected chi connectivity index (χ4v) is 4.05. The largest absolute Gasteiger partial charge is 0.480 e. The molecule has 2 unspecified atom stereocenters. The normalized spacial score (nSPS) is 24.4. The average molecular weight is 406 g/mol. The van der Waals surface area contributed by atoms with Gasteiger partial charge in [-0.05, 0) is 38.6 Å². The summed E-state index contributed by atoms with van der Waals surface area (Å²) in [4.78, 5) is 26.9. The number of nitrogens with zero attached hydrogens (tertiary/aromatic N) is 2. The van der Waals surface area contributed by atoms with E-state index in [-0.39, 0.29) is 30.9 Å². The molecule has 1 saturated carbocycles. The van der Waals surface area contributed by atoms with Crippen LogP contribution in [0.1, 0.15) is 45.4 Å². The molecule has 2 atom stereocenters. The van der Waals surface area contributed by atoms with Crippen LogP contribution in [0.15, 0.2) is 0 Å². The SMILES string of the molecule is CC1CCCCC1OCCNC(=O)CN1CCC(N(C)CC(=O)O)CC1.Cl. The number of carboxylic acids is 1. The summed E-state index contributed by atoms with van der Waals surface area (Å²) >= 11 is 0. The number of hydrogen-bond donors (Lipinski definition) is 2. The van der Waals surface area contributed by atoms with Gasteiger partial charge in [-0.1, -0.05) is 19.8 Å². The number of rotatable bonds is 9. The van der Waals surface area contributed by atoms with Crippen LogP contribution in [0.25, 0.3) is 0 Å². The summed E-state index contributed by atoms with van der Waals surface area (Å²) in [5, 5.41) is 11.8. The van der Waals surface area contributed by atoms with Crippen LogP contribution in [0.3, 0.4) is 0 Å². The number of likely N-dealkylation sites (N-methyl/N-ethyl adjacent to an activating group) is 1. The third kappa shape index (κ3) is 8.77. The Morgan fingerprint density at radius 3 is 2.48 bits per heavy atom. The van der Waals surface area contributed by atoms with Crippen molar-refractivity contribution in [3.63, 3.8) is 0 Å². The third-order valence-corrected chi connectivity index (χ3v) is 5.72. The molecule has 0 aromatic heterocycles. The second-order valence-corrected chi connectivity index (χ2v) is 7.84. The molecule has 2 aliphatic rings. The number of piperidine rings is 1. The van der Waals surface area contributed by atoms with Gasteiger partial charge >= 0.3 is 5.97 Å². The first-order chi connectivity index (χ1) is 12.5. The molecule has 2 N–H and O–H groups in total. The fraction of sp³-hybridized carbons (Fsp3) is 0.895. The summed E-state index contributed by atoms with van der Waals surface area (Å²) in [5.41, 5.74) is 0. The topological polar surface area (TPSA) is 82.1 Å². The van der Waals surface area contributed by atoms with Crippen molar-refractivity contribution in [2.24, 2.45) is 5.92 Å². The lowest BCUT2D eigenvalue weighted by atomic mass is 9.88. The Bertz CT molecular complexity index is 458. The zero-order valence-corrected chi connectivity index (χ0v) is 17.5. The Kier molecular flexibility index (Phi) is 11.2. The highest BCUT2D eigenvalue weighted by molar-refractivity contribution is 5.85. The minimum Gasteiger partial charge on any atom is -0.480 e. The van der Waals surface area contributed by atoms with Crippen LogP contribution in [0.4, 0.5) is 0 Å². The summed E-state index contributed by atoms with van der Waals surface area (Å²) in [7, 11) is 1.86. The zero-order chi connectivity index (χ0) is 18.9. The molecule has 2 fully saturated rings. The number of amides is 1. The van der Waals surface area contributed by atoms with E-state index in [1.165, 1.54) is 19.3 Å². The summed E-state index contributed by atoms with van der Waals surface area (Å²) in [5.74, 6) is -0.123. The zero-order valence-electron chi connectivity index (χ0n) is 16.7. The van der Waals surface area contributed by atoms with Gasteiger partial charge in [0.15, 0.2) is 0 Å². The van der Waals surface area contributed by atoms with E-state index in [4.69, 9.17) is 9.84 Å². The van der Waals surface area contributed by atoms with Gasteiger partial charge in [-0.2, -0.15) is 0 Å². The van der Waals surface area contributed by atoms with E-state index in [0.717, 1.165) is 32.4 Å². The van der Waals surface area contributed by atoms with E-state index < -0.39 is 5.97 Å². The molecular formula is C19H36ClN3O4. The number of carbonyl (C=O) groups excluding carboxylic acids is 1. The molecule has 0 aromatic rings. The molecule has 1 amide bonds. The van der Waals surface area contributed by atoms with Gasteiger partial charge in [0.2, 0.25) is 5.91 Å². The highest BCUT2D eigenvalue weighted by atomic mass is 35.5. The minimum absolute atomic E-state index is 0. The van der Waals surface area contributed by atoms with Gasteiger partial charge in [0.05, 0.1) is 25.8 Å². The van der Waals surface area contributed by atoms with Crippen LogP contribution >= 0.6 is 12.4 Å². The smallest absolute Gasteiger partial charge is 0.317 e. The maximum Gasteiger partial charge on any atom is 0.317 e. The van der Waals surface area contributed by atoms with Crippen molar-refractivity contribution in [1.82, 2.24) is 15.1 Å². The molecule has 7 nitrogen and oxygen atoms in total. The van der Waals surface area contributed by atoms with Crippen LogP contribution in [0.5, 0.6) is 0 Å². The van der Waals surface area contributed by atoms with Crippen molar-refractivity contribution in [1.29, 1.82) is 0 Å². The maximum absolute atomic E-state index is 12.1. The van der Waals surface area contributed by atoms with Crippen LogP contribution in [0.2, 0.25) is 0 Å².